The van der Waals surface area contributed by atoms with Crippen LogP contribution in [0.5, 0.6) is 0 Å². The zero-order chi connectivity index (χ0) is 13.8. The van der Waals surface area contributed by atoms with Gasteiger partial charge in [-0.2, -0.15) is 0 Å². The minimum atomic E-state index is 0. The highest BCUT2D eigenvalue weighted by Gasteiger charge is 2.17. The van der Waals surface area contributed by atoms with Gasteiger partial charge in [0.1, 0.15) is 0 Å². The number of hydrogen-bond acceptors (Lipinski definition) is 3. The number of nitrogens with one attached hydrogen (secondary N) is 2. The SMILES string of the molecule is Cc1cc(C(C)NC(=O)CCC2CCNC2)c(C)s1.Cl. The van der Waals surface area contributed by atoms with Crippen molar-refractivity contribution in [1.82, 2.24) is 10.6 Å². The third kappa shape index (κ3) is 4.76. The predicted octanol–water partition coefficient (Wildman–Crippen LogP) is 3.35. The molecular weight excluding hydrogens is 292 g/mol. The van der Waals surface area contributed by atoms with Crippen LogP contribution in [0.15, 0.2) is 6.07 Å². The molecule has 2 unspecified atom stereocenters. The molecule has 1 aliphatic heterocycles. The first kappa shape index (κ1) is 17.5. The number of carbonyl (C=O) groups is 1. The quantitative estimate of drug-likeness (QED) is 0.874. The molecular formula is C15H25ClN2OS. The Balaban J connectivity index is 0.00000200. The molecule has 0 bridgehead atoms. The van der Waals surface area contributed by atoms with Crippen molar-refractivity contribution in [3.8, 4) is 0 Å². The standard InChI is InChI=1S/C15H24N2OS.ClH/c1-10-8-14(12(3)19-10)11(2)17-15(18)5-4-13-6-7-16-9-13;/h8,11,13,16H,4-7,9H2,1-3H3,(H,17,18);1H. The minimum Gasteiger partial charge on any atom is -0.350 e. The summed E-state index contributed by atoms with van der Waals surface area (Å²) in [5, 5.41) is 6.46. The number of thiophene rings is 1. The molecule has 0 aromatic carbocycles. The number of amides is 1. The van der Waals surface area contributed by atoms with Gasteiger partial charge in [-0.25, -0.2) is 0 Å². The van der Waals surface area contributed by atoms with E-state index in [2.05, 4.69) is 37.5 Å². The van der Waals surface area contributed by atoms with Gasteiger partial charge < -0.3 is 10.6 Å². The molecule has 2 atom stereocenters. The summed E-state index contributed by atoms with van der Waals surface area (Å²) in [7, 11) is 0. The molecule has 2 N–H and O–H groups in total. The molecule has 1 saturated heterocycles. The highest BCUT2D eigenvalue weighted by Crippen LogP contribution is 2.26. The van der Waals surface area contributed by atoms with E-state index < -0.39 is 0 Å². The molecule has 0 radical (unpaired) electrons. The number of aryl methyl sites for hydroxylation is 2. The number of carbonyl (C=O) groups excluding carboxylic acids is 1. The van der Waals surface area contributed by atoms with E-state index in [4.69, 9.17) is 0 Å². The van der Waals surface area contributed by atoms with Crippen LogP contribution >= 0.6 is 23.7 Å². The highest BCUT2D eigenvalue weighted by atomic mass is 35.5. The fourth-order valence-corrected chi connectivity index (χ4v) is 3.79. The average Bonchev–Trinajstić information content (AvgIpc) is 2.96. The van der Waals surface area contributed by atoms with Crippen molar-refractivity contribution in [2.75, 3.05) is 13.1 Å². The van der Waals surface area contributed by atoms with Gasteiger partial charge in [0.2, 0.25) is 5.91 Å². The van der Waals surface area contributed by atoms with Crippen molar-refractivity contribution >= 4 is 29.7 Å². The molecule has 1 aliphatic rings. The van der Waals surface area contributed by atoms with Crippen LogP contribution in [0.3, 0.4) is 0 Å². The van der Waals surface area contributed by atoms with Crippen LogP contribution in [0.25, 0.3) is 0 Å². The second kappa shape index (κ2) is 8.01. The molecule has 20 heavy (non-hydrogen) atoms. The maximum absolute atomic E-state index is 12.0. The Morgan fingerprint density at radius 2 is 2.30 bits per heavy atom. The summed E-state index contributed by atoms with van der Waals surface area (Å²) in [6.45, 7) is 8.49. The zero-order valence-corrected chi connectivity index (χ0v) is 14.1. The fraction of sp³-hybridized carbons (Fsp3) is 0.667. The lowest BCUT2D eigenvalue weighted by Gasteiger charge is -2.15. The topological polar surface area (TPSA) is 41.1 Å². The summed E-state index contributed by atoms with van der Waals surface area (Å²) in [5.74, 6) is 0.869. The molecule has 1 aromatic rings. The smallest absolute Gasteiger partial charge is 0.220 e. The molecule has 1 amide bonds. The van der Waals surface area contributed by atoms with Crippen molar-refractivity contribution in [3.05, 3.63) is 21.4 Å². The summed E-state index contributed by atoms with van der Waals surface area (Å²) in [6.07, 6.45) is 2.87. The van der Waals surface area contributed by atoms with Crippen LogP contribution < -0.4 is 10.6 Å². The highest BCUT2D eigenvalue weighted by molar-refractivity contribution is 7.12. The van der Waals surface area contributed by atoms with Gasteiger partial charge in [-0.05, 0) is 64.3 Å². The molecule has 0 aliphatic carbocycles. The summed E-state index contributed by atoms with van der Waals surface area (Å²) in [6, 6.07) is 2.31. The van der Waals surface area contributed by atoms with Crippen LogP contribution in [0.2, 0.25) is 0 Å². The summed E-state index contributed by atoms with van der Waals surface area (Å²) in [5.41, 5.74) is 1.26. The first-order valence-electron chi connectivity index (χ1n) is 7.13. The number of hydrogen-bond donors (Lipinski definition) is 2. The van der Waals surface area contributed by atoms with E-state index >= 15 is 0 Å². The summed E-state index contributed by atoms with van der Waals surface area (Å²) in [4.78, 5) is 14.6. The van der Waals surface area contributed by atoms with Gasteiger partial charge >= 0.3 is 0 Å². The van der Waals surface area contributed by atoms with Crippen LogP contribution in [-0.2, 0) is 4.79 Å². The van der Waals surface area contributed by atoms with Gasteiger partial charge in [0.15, 0.2) is 0 Å². The molecule has 1 fully saturated rings. The predicted molar refractivity (Wildman–Crippen MR) is 87.8 cm³/mol. The van der Waals surface area contributed by atoms with Gasteiger partial charge in [-0.1, -0.05) is 0 Å². The molecule has 2 heterocycles. The van der Waals surface area contributed by atoms with Gasteiger partial charge in [-0.3, -0.25) is 4.79 Å². The first-order valence-corrected chi connectivity index (χ1v) is 7.95. The Morgan fingerprint density at radius 1 is 1.55 bits per heavy atom. The van der Waals surface area contributed by atoms with E-state index in [0.717, 1.165) is 19.5 Å². The van der Waals surface area contributed by atoms with E-state index in [0.29, 0.717) is 12.3 Å². The van der Waals surface area contributed by atoms with E-state index in [1.54, 1.807) is 11.3 Å². The molecule has 3 nitrogen and oxygen atoms in total. The first-order chi connectivity index (χ1) is 9.06. The molecule has 114 valence electrons. The summed E-state index contributed by atoms with van der Waals surface area (Å²) >= 11 is 1.80. The van der Waals surface area contributed by atoms with Crippen molar-refractivity contribution in [3.63, 3.8) is 0 Å². The fourth-order valence-electron chi connectivity index (χ4n) is 2.77. The monoisotopic (exact) mass is 316 g/mol. The third-order valence-electron chi connectivity index (χ3n) is 3.87. The van der Waals surface area contributed by atoms with Crippen LogP contribution in [-0.4, -0.2) is 19.0 Å². The molecule has 1 aromatic heterocycles. The van der Waals surface area contributed by atoms with Gasteiger partial charge in [-0.15, -0.1) is 23.7 Å². The van der Waals surface area contributed by atoms with E-state index in [-0.39, 0.29) is 24.4 Å². The second-order valence-electron chi connectivity index (χ2n) is 5.56. The van der Waals surface area contributed by atoms with E-state index in [1.165, 1.54) is 21.7 Å². The third-order valence-corrected chi connectivity index (χ3v) is 4.85. The normalized spacial score (nSPS) is 19.4. The summed E-state index contributed by atoms with van der Waals surface area (Å²) < 4.78 is 0. The van der Waals surface area contributed by atoms with Crippen molar-refractivity contribution in [2.45, 2.75) is 46.1 Å². The number of rotatable bonds is 5. The maximum atomic E-state index is 12.0. The lowest BCUT2D eigenvalue weighted by Crippen LogP contribution is -2.27. The molecule has 0 saturated carbocycles. The van der Waals surface area contributed by atoms with Crippen LogP contribution in [0, 0.1) is 19.8 Å². The molecule has 5 heteroatoms. The zero-order valence-electron chi connectivity index (χ0n) is 12.5. The van der Waals surface area contributed by atoms with Crippen LogP contribution in [0.4, 0.5) is 0 Å². The molecule has 0 spiro atoms. The van der Waals surface area contributed by atoms with Crippen molar-refractivity contribution < 1.29 is 4.79 Å². The largest absolute Gasteiger partial charge is 0.350 e. The lowest BCUT2D eigenvalue weighted by atomic mass is 10.0. The Hall–Kier alpha value is -0.580. The Labute approximate surface area is 131 Å². The Kier molecular flexibility index (Phi) is 7.00. The van der Waals surface area contributed by atoms with E-state index in [9.17, 15) is 4.79 Å². The van der Waals surface area contributed by atoms with E-state index in [1.807, 2.05) is 0 Å². The maximum Gasteiger partial charge on any atom is 0.220 e. The van der Waals surface area contributed by atoms with Crippen LogP contribution in [0.1, 0.15) is 47.5 Å². The van der Waals surface area contributed by atoms with Crippen molar-refractivity contribution in [1.29, 1.82) is 0 Å². The molecule has 2 rings (SSSR count). The van der Waals surface area contributed by atoms with Gasteiger partial charge in [0.05, 0.1) is 6.04 Å². The average molecular weight is 317 g/mol. The van der Waals surface area contributed by atoms with Gasteiger partial charge in [0, 0.05) is 16.2 Å². The Bertz CT molecular complexity index is 441. The minimum absolute atomic E-state index is 0. The van der Waals surface area contributed by atoms with Gasteiger partial charge in [0.25, 0.3) is 0 Å². The number of halogens is 1. The Morgan fingerprint density at radius 3 is 2.85 bits per heavy atom. The lowest BCUT2D eigenvalue weighted by molar-refractivity contribution is -0.122. The van der Waals surface area contributed by atoms with Crippen molar-refractivity contribution in [2.24, 2.45) is 5.92 Å². The second-order valence-corrected chi connectivity index (χ2v) is 7.02.